The largest absolute Gasteiger partial charge is 0.493 e. The smallest absolute Gasteiger partial charge is 0.377 e. The van der Waals surface area contributed by atoms with Crippen LogP contribution in [0.1, 0.15) is 10.4 Å². The van der Waals surface area contributed by atoms with Gasteiger partial charge in [-0.15, -0.1) is 0 Å². The Morgan fingerprint density at radius 2 is 1.78 bits per heavy atom. The second-order valence-electron chi connectivity index (χ2n) is 3.59. The monoisotopic (exact) mass is 249 g/mol. The van der Waals surface area contributed by atoms with Gasteiger partial charge in [-0.3, -0.25) is 4.79 Å². The molecule has 0 saturated heterocycles. The van der Waals surface area contributed by atoms with Crippen LogP contribution in [0.4, 0.5) is 0 Å². The van der Waals surface area contributed by atoms with Gasteiger partial charge in [0.25, 0.3) is 5.78 Å². The molecule has 6 nitrogen and oxygen atoms in total. The summed E-state index contributed by atoms with van der Waals surface area (Å²) >= 11 is 0. The maximum Gasteiger partial charge on any atom is 0.377 e. The van der Waals surface area contributed by atoms with Crippen molar-refractivity contribution < 1.29 is 24.2 Å². The molecule has 0 aliphatic rings. The molecule has 0 aliphatic carbocycles. The molecule has 1 aromatic carbocycles. The molecular weight excluding hydrogens is 238 g/mol. The first-order chi connectivity index (χ1) is 8.58. The second kappa shape index (κ2) is 4.40. The van der Waals surface area contributed by atoms with Gasteiger partial charge in [0.2, 0.25) is 0 Å². The Labute approximate surface area is 102 Å². The number of carboxylic acid groups (broad SMARTS) is 1. The number of rotatable bonds is 4. The number of aliphatic carboxylic acids is 1. The first-order valence-electron chi connectivity index (χ1n) is 5.09. The molecule has 0 radical (unpaired) electrons. The molecule has 94 valence electrons. The fourth-order valence-corrected chi connectivity index (χ4v) is 1.75. The Balaban J connectivity index is 2.66. The van der Waals surface area contributed by atoms with Gasteiger partial charge in [0, 0.05) is 17.6 Å². The summed E-state index contributed by atoms with van der Waals surface area (Å²) in [6.07, 6.45) is 1.36. The first-order valence-corrected chi connectivity index (χ1v) is 5.09. The van der Waals surface area contributed by atoms with E-state index >= 15 is 0 Å². The van der Waals surface area contributed by atoms with E-state index in [1.807, 2.05) is 0 Å². The summed E-state index contributed by atoms with van der Waals surface area (Å²) in [5.41, 5.74) is 0.704. The van der Waals surface area contributed by atoms with E-state index in [0.29, 0.717) is 22.4 Å². The van der Waals surface area contributed by atoms with Gasteiger partial charge in [-0.1, -0.05) is 0 Å². The highest BCUT2D eigenvalue weighted by molar-refractivity contribution is 6.42. The fourth-order valence-electron chi connectivity index (χ4n) is 1.75. The van der Waals surface area contributed by atoms with E-state index in [1.165, 1.54) is 20.4 Å². The van der Waals surface area contributed by atoms with Crippen LogP contribution in [0.15, 0.2) is 18.3 Å². The predicted molar refractivity (Wildman–Crippen MR) is 63.4 cm³/mol. The van der Waals surface area contributed by atoms with E-state index in [2.05, 4.69) is 4.98 Å². The number of aromatic nitrogens is 1. The van der Waals surface area contributed by atoms with Crippen molar-refractivity contribution >= 4 is 22.7 Å². The van der Waals surface area contributed by atoms with E-state index in [-0.39, 0.29) is 5.56 Å². The minimum atomic E-state index is -1.49. The van der Waals surface area contributed by atoms with Crippen LogP contribution in [-0.4, -0.2) is 36.1 Å². The van der Waals surface area contributed by atoms with Gasteiger partial charge in [-0.25, -0.2) is 4.79 Å². The van der Waals surface area contributed by atoms with Crippen LogP contribution in [0.5, 0.6) is 11.5 Å². The predicted octanol–water partition coefficient (Wildman–Crippen LogP) is 1.45. The molecule has 0 aliphatic heterocycles. The van der Waals surface area contributed by atoms with Crippen molar-refractivity contribution in [3.63, 3.8) is 0 Å². The van der Waals surface area contributed by atoms with Crippen LogP contribution in [0, 0.1) is 0 Å². The van der Waals surface area contributed by atoms with Crippen molar-refractivity contribution in [3.05, 3.63) is 23.9 Å². The normalized spacial score (nSPS) is 10.3. The zero-order chi connectivity index (χ0) is 13.3. The molecule has 1 aromatic heterocycles. The van der Waals surface area contributed by atoms with Crippen molar-refractivity contribution in [1.29, 1.82) is 0 Å². The second-order valence-corrected chi connectivity index (χ2v) is 3.59. The number of aromatic amines is 1. The summed E-state index contributed by atoms with van der Waals surface area (Å²) in [6.45, 7) is 0. The SMILES string of the molecule is COc1cc2[nH]cc(C(=O)C(=O)O)c2cc1OC. The van der Waals surface area contributed by atoms with E-state index in [1.54, 1.807) is 12.1 Å². The Bertz CT molecular complexity index is 629. The molecule has 6 heteroatoms. The Morgan fingerprint density at radius 1 is 1.17 bits per heavy atom. The average Bonchev–Trinajstić information content (AvgIpc) is 2.78. The van der Waals surface area contributed by atoms with Crippen molar-refractivity contribution in [3.8, 4) is 11.5 Å². The van der Waals surface area contributed by atoms with Crippen LogP contribution >= 0.6 is 0 Å². The lowest BCUT2D eigenvalue weighted by molar-refractivity contribution is -0.131. The van der Waals surface area contributed by atoms with Crippen molar-refractivity contribution in [2.75, 3.05) is 14.2 Å². The zero-order valence-electron chi connectivity index (χ0n) is 9.81. The van der Waals surface area contributed by atoms with E-state index in [9.17, 15) is 9.59 Å². The molecule has 0 atom stereocenters. The number of H-pyrrole nitrogens is 1. The molecule has 2 N–H and O–H groups in total. The molecular formula is C12H11NO5. The quantitative estimate of drug-likeness (QED) is 0.632. The summed E-state index contributed by atoms with van der Waals surface area (Å²) in [5.74, 6) is -1.52. The Morgan fingerprint density at radius 3 is 2.33 bits per heavy atom. The number of carboxylic acids is 1. The Hall–Kier alpha value is -2.50. The van der Waals surface area contributed by atoms with E-state index in [0.717, 1.165) is 0 Å². The van der Waals surface area contributed by atoms with E-state index in [4.69, 9.17) is 14.6 Å². The van der Waals surface area contributed by atoms with Crippen LogP contribution in [0.25, 0.3) is 10.9 Å². The van der Waals surface area contributed by atoms with Gasteiger partial charge in [0.15, 0.2) is 11.5 Å². The highest BCUT2D eigenvalue weighted by atomic mass is 16.5. The molecule has 0 fully saturated rings. The molecule has 1 heterocycles. The van der Waals surface area contributed by atoms with E-state index < -0.39 is 11.8 Å². The molecule has 0 amide bonds. The summed E-state index contributed by atoms with van der Waals surface area (Å²) < 4.78 is 10.2. The maximum atomic E-state index is 11.5. The summed E-state index contributed by atoms with van der Waals surface area (Å²) in [7, 11) is 2.96. The number of fused-ring (bicyclic) bond motifs is 1. The van der Waals surface area contributed by atoms with Gasteiger partial charge in [0.05, 0.1) is 25.3 Å². The lowest BCUT2D eigenvalue weighted by atomic mass is 10.1. The van der Waals surface area contributed by atoms with Crippen molar-refractivity contribution in [1.82, 2.24) is 4.98 Å². The first kappa shape index (κ1) is 12.0. The van der Waals surface area contributed by atoms with Crippen molar-refractivity contribution in [2.24, 2.45) is 0 Å². The molecule has 0 spiro atoms. The number of benzene rings is 1. The molecule has 0 unspecified atom stereocenters. The van der Waals surface area contributed by atoms with Gasteiger partial charge in [-0.05, 0) is 6.07 Å². The highest BCUT2D eigenvalue weighted by Gasteiger charge is 2.20. The highest BCUT2D eigenvalue weighted by Crippen LogP contribution is 2.33. The van der Waals surface area contributed by atoms with Gasteiger partial charge < -0.3 is 19.6 Å². The third-order valence-corrected chi connectivity index (χ3v) is 2.62. The summed E-state index contributed by atoms with van der Waals surface area (Å²) in [4.78, 5) is 25.0. The van der Waals surface area contributed by atoms with Gasteiger partial charge in [0.1, 0.15) is 0 Å². The minimum absolute atomic E-state index is 0.0958. The number of hydrogen-bond acceptors (Lipinski definition) is 4. The third-order valence-electron chi connectivity index (χ3n) is 2.62. The summed E-state index contributed by atoms with van der Waals surface area (Å²) in [6, 6.07) is 3.22. The zero-order valence-corrected chi connectivity index (χ0v) is 9.81. The minimum Gasteiger partial charge on any atom is -0.493 e. The standard InChI is InChI=1S/C12H11NO5/c1-17-9-3-6-7(11(14)12(15)16)5-13-8(6)4-10(9)18-2/h3-5,13H,1-2H3,(H,15,16). The molecule has 2 rings (SSSR count). The molecule has 2 aromatic rings. The Kier molecular flexibility index (Phi) is 2.93. The molecule has 0 saturated carbocycles. The molecule has 18 heavy (non-hydrogen) atoms. The number of ether oxygens (including phenoxy) is 2. The lowest BCUT2D eigenvalue weighted by Crippen LogP contribution is -2.11. The topological polar surface area (TPSA) is 88.6 Å². The number of carbonyl (C=O) groups excluding carboxylic acids is 1. The van der Waals surface area contributed by atoms with Crippen LogP contribution < -0.4 is 9.47 Å². The number of ketones is 1. The summed E-state index contributed by atoms with van der Waals surface area (Å²) in [5, 5.41) is 9.21. The number of carbonyl (C=O) groups is 2. The van der Waals surface area contributed by atoms with Crippen LogP contribution in [-0.2, 0) is 4.79 Å². The van der Waals surface area contributed by atoms with Crippen molar-refractivity contribution in [2.45, 2.75) is 0 Å². The number of hydrogen-bond donors (Lipinski definition) is 2. The lowest BCUT2D eigenvalue weighted by Gasteiger charge is -2.07. The third kappa shape index (κ3) is 1.77. The number of methoxy groups -OCH3 is 2. The van der Waals surface area contributed by atoms with Gasteiger partial charge in [-0.2, -0.15) is 0 Å². The van der Waals surface area contributed by atoms with Crippen LogP contribution in [0.2, 0.25) is 0 Å². The average molecular weight is 249 g/mol. The fraction of sp³-hybridized carbons (Fsp3) is 0.167. The van der Waals surface area contributed by atoms with Crippen LogP contribution in [0.3, 0.4) is 0 Å². The molecule has 0 bridgehead atoms. The number of nitrogens with one attached hydrogen (secondary N) is 1. The van der Waals surface area contributed by atoms with Gasteiger partial charge >= 0.3 is 5.97 Å². The number of Topliss-reactive ketones (excluding diaryl/α,β-unsaturated/α-hetero) is 1. The maximum absolute atomic E-state index is 11.5.